The molecule has 0 unspecified atom stereocenters. The number of carbonyl (C=O) groups excluding carboxylic acids is 1. The van der Waals surface area contributed by atoms with Gasteiger partial charge >= 0.3 is 6.09 Å². The average molecular weight is 389 g/mol. The lowest BCUT2D eigenvalue weighted by Crippen LogP contribution is -2.39. The molecule has 1 aliphatic heterocycles. The molecule has 0 bridgehead atoms. The molecule has 2 heterocycles. The SMILES string of the molecule is Cc1nc(Br)cc(O[C@@H]2C[C@H](C)N(C(=O)OC(C)(C)C)C2)c1F. The van der Waals surface area contributed by atoms with Gasteiger partial charge in [0.1, 0.15) is 16.3 Å². The van der Waals surface area contributed by atoms with Crippen molar-refractivity contribution in [3.05, 3.63) is 22.2 Å². The van der Waals surface area contributed by atoms with Gasteiger partial charge in [0.15, 0.2) is 11.6 Å². The van der Waals surface area contributed by atoms with Crippen LogP contribution < -0.4 is 4.74 Å². The molecule has 1 aliphatic rings. The van der Waals surface area contributed by atoms with Gasteiger partial charge in [0.25, 0.3) is 0 Å². The Balaban J connectivity index is 2.06. The maximum Gasteiger partial charge on any atom is 0.410 e. The highest BCUT2D eigenvalue weighted by Crippen LogP contribution is 2.28. The standard InChI is InChI=1S/C16H22BrFN2O3/c1-9-6-11(8-20(9)15(21)23-16(3,4)5)22-12-7-13(17)19-10(2)14(12)18/h7,9,11H,6,8H2,1-5H3/t9-,11+/m0/s1. The molecule has 7 heteroatoms. The summed E-state index contributed by atoms with van der Waals surface area (Å²) >= 11 is 3.23. The molecule has 5 nitrogen and oxygen atoms in total. The first kappa shape index (κ1) is 18.0. The van der Waals surface area contributed by atoms with Gasteiger partial charge in [0.05, 0.1) is 12.2 Å². The van der Waals surface area contributed by atoms with Gasteiger partial charge in [-0.3, -0.25) is 0 Å². The Kier molecular flexibility index (Phi) is 5.18. The molecule has 2 rings (SSSR count). The number of halogens is 2. The largest absolute Gasteiger partial charge is 0.485 e. The van der Waals surface area contributed by atoms with Crippen molar-refractivity contribution in [1.29, 1.82) is 0 Å². The Labute approximate surface area is 144 Å². The lowest BCUT2D eigenvalue weighted by molar-refractivity contribution is 0.0224. The molecular formula is C16H22BrFN2O3. The fourth-order valence-corrected chi connectivity index (χ4v) is 2.97. The third-order valence-electron chi connectivity index (χ3n) is 3.52. The quantitative estimate of drug-likeness (QED) is 0.716. The predicted molar refractivity (Wildman–Crippen MR) is 88.1 cm³/mol. The number of rotatable bonds is 2. The fraction of sp³-hybridized carbons (Fsp3) is 0.625. The van der Waals surface area contributed by atoms with Crippen LogP contribution in [0.3, 0.4) is 0 Å². The first-order valence-corrected chi connectivity index (χ1v) is 8.35. The van der Waals surface area contributed by atoms with Gasteiger partial charge in [-0.1, -0.05) is 0 Å². The van der Waals surface area contributed by atoms with Gasteiger partial charge in [-0.15, -0.1) is 0 Å². The third kappa shape index (κ3) is 4.56. The highest BCUT2D eigenvalue weighted by Gasteiger charge is 2.36. The number of hydrogen-bond acceptors (Lipinski definition) is 4. The summed E-state index contributed by atoms with van der Waals surface area (Å²) in [7, 11) is 0. The van der Waals surface area contributed by atoms with E-state index in [1.807, 2.05) is 27.7 Å². The van der Waals surface area contributed by atoms with E-state index in [4.69, 9.17) is 9.47 Å². The Morgan fingerprint density at radius 2 is 2.13 bits per heavy atom. The molecule has 1 amide bonds. The van der Waals surface area contributed by atoms with Crippen molar-refractivity contribution < 1.29 is 18.7 Å². The van der Waals surface area contributed by atoms with Crippen molar-refractivity contribution in [3.63, 3.8) is 0 Å². The van der Waals surface area contributed by atoms with Crippen LogP contribution in [0.1, 0.15) is 39.8 Å². The second-order valence-electron chi connectivity index (χ2n) is 6.80. The zero-order chi connectivity index (χ0) is 17.4. The number of carbonyl (C=O) groups is 1. The minimum Gasteiger partial charge on any atom is -0.485 e. The predicted octanol–water partition coefficient (Wildman–Crippen LogP) is 4.07. The van der Waals surface area contributed by atoms with E-state index in [2.05, 4.69) is 20.9 Å². The summed E-state index contributed by atoms with van der Waals surface area (Å²) in [6.45, 7) is 9.36. The van der Waals surface area contributed by atoms with Crippen LogP contribution in [0.2, 0.25) is 0 Å². The van der Waals surface area contributed by atoms with Crippen molar-refractivity contribution in [1.82, 2.24) is 9.88 Å². The monoisotopic (exact) mass is 388 g/mol. The van der Waals surface area contributed by atoms with E-state index in [1.165, 1.54) is 6.07 Å². The lowest BCUT2D eigenvalue weighted by Gasteiger charge is -2.26. The normalized spacial score (nSPS) is 21.4. The maximum absolute atomic E-state index is 14.1. The van der Waals surface area contributed by atoms with Crippen LogP contribution in [0.5, 0.6) is 5.75 Å². The van der Waals surface area contributed by atoms with Crippen LogP contribution in [-0.2, 0) is 4.74 Å². The van der Waals surface area contributed by atoms with E-state index in [9.17, 15) is 9.18 Å². The van der Waals surface area contributed by atoms with Crippen LogP contribution in [0.25, 0.3) is 0 Å². The summed E-state index contributed by atoms with van der Waals surface area (Å²) < 4.78 is 25.8. The molecule has 128 valence electrons. The Bertz CT molecular complexity index is 604. The number of nitrogens with zero attached hydrogens (tertiary/aromatic N) is 2. The molecular weight excluding hydrogens is 367 g/mol. The number of aromatic nitrogens is 1. The number of ether oxygens (including phenoxy) is 2. The molecule has 1 saturated heterocycles. The Morgan fingerprint density at radius 3 is 2.74 bits per heavy atom. The van der Waals surface area contributed by atoms with Crippen LogP contribution >= 0.6 is 15.9 Å². The number of pyridine rings is 1. The average Bonchev–Trinajstić information content (AvgIpc) is 2.74. The minimum atomic E-state index is -0.547. The Hall–Kier alpha value is -1.37. The van der Waals surface area contributed by atoms with E-state index >= 15 is 0 Å². The van der Waals surface area contributed by atoms with Crippen molar-refractivity contribution in [2.45, 2.75) is 58.8 Å². The molecule has 1 fully saturated rings. The third-order valence-corrected chi connectivity index (χ3v) is 3.92. The van der Waals surface area contributed by atoms with E-state index in [-0.39, 0.29) is 29.7 Å². The van der Waals surface area contributed by atoms with Crippen LogP contribution in [0.15, 0.2) is 10.7 Å². The van der Waals surface area contributed by atoms with Crippen molar-refractivity contribution in [3.8, 4) is 5.75 Å². The zero-order valence-corrected chi connectivity index (χ0v) is 15.6. The molecule has 0 spiro atoms. The first-order valence-electron chi connectivity index (χ1n) is 7.55. The van der Waals surface area contributed by atoms with Gasteiger partial charge in [-0.05, 0) is 50.5 Å². The van der Waals surface area contributed by atoms with E-state index < -0.39 is 11.4 Å². The molecule has 1 aromatic rings. The minimum absolute atomic E-state index is 0.0238. The zero-order valence-electron chi connectivity index (χ0n) is 14.0. The second-order valence-corrected chi connectivity index (χ2v) is 7.61. The van der Waals surface area contributed by atoms with Crippen molar-refractivity contribution in [2.75, 3.05) is 6.54 Å². The number of amides is 1. The number of likely N-dealkylation sites (tertiary alicyclic amines) is 1. The molecule has 0 aromatic carbocycles. The summed E-state index contributed by atoms with van der Waals surface area (Å²) in [5, 5.41) is 0. The summed E-state index contributed by atoms with van der Waals surface area (Å²) in [5.74, 6) is -0.329. The van der Waals surface area contributed by atoms with Gasteiger partial charge in [-0.25, -0.2) is 14.2 Å². The van der Waals surface area contributed by atoms with Crippen molar-refractivity contribution in [2.24, 2.45) is 0 Å². The van der Waals surface area contributed by atoms with Crippen molar-refractivity contribution >= 4 is 22.0 Å². The fourth-order valence-electron chi connectivity index (χ4n) is 2.50. The summed E-state index contributed by atoms with van der Waals surface area (Å²) in [5.41, 5.74) is -0.279. The van der Waals surface area contributed by atoms with Crippen LogP contribution in [0, 0.1) is 12.7 Å². The van der Waals surface area contributed by atoms with Gasteiger partial charge in [0, 0.05) is 18.5 Å². The second kappa shape index (κ2) is 6.63. The molecule has 23 heavy (non-hydrogen) atoms. The van der Waals surface area contributed by atoms with Gasteiger partial charge < -0.3 is 14.4 Å². The summed E-state index contributed by atoms with van der Waals surface area (Å²) in [6.07, 6.45) is -0.0260. The lowest BCUT2D eigenvalue weighted by atomic mass is 10.2. The molecule has 0 N–H and O–H groups in total. The summed E-state index contributed by atoms with van der Waals surface area (Å²) in [6, 6.07) is 1.48. The Morgan fingerprint density at radius 1 is 1.48 bits per heavy atom. The molecule has 0 saturated carbocycles. The van der Waals surface area contributed by atoms with Crippen LogP contribution in [0.4, 0.5) is 9.18 Å². The topological polar surface area (TPSA) is 51.7 Å². The van der Waals surface area contributed by atoms with E-state index in [1.54, 1.807) is 11.8 Å². The summed E-state index contributed by atoms with van der Waals surface area (Å²) in [4.78, 5) is 17.8. The molecule has 0 aliphatic carbocycles. The van der Waals surface area contributed by atoms with Gasteiger partial charge in [-0.2, -0.15) is 0 Å². The smallest absolute Gasteiger partial charge is 0.410 e. The number of aryl methyl sites for hydroxylation is 1. The number of hydrogen-bond donors (Lipinski definition) is 0. The molecule has 2 atom stereocenters. The van der Waals surface area contributed by atoms with Crippen LogP contribution in [-0.4, -0.2) is 40.3 Å². The highest BCUT2D eigenvalue weighted by molar-refractivity contribution is 9.10. The van der Waals surface area contributed by atoms with E-state index in [0.29, 0.717) is 17.6 Å². The maximum atomic E-state index is 14.1. The first-order chi connectivity index (χ1) is 10.6. The molecule has 1 aromatic heterocycles. The molecule has 0 radical (unpaired) electrons. The highest BCUT2D eigenvalue weighted by atomic mass is 79.9. The van der Waals surface area contributed by atoms with E-state index in [0.717, 1.165) is 0 Å². The van der Waals surface area contributed by atoms with Gasteiger partial charge in [0.2, 0.25) is 0 Å².